The van der Waals surface area contributed by atoms with Crippen molar-refractivity contribution in [3.05, 3.63) is 35.5 Å². The number of aromatic nitrogens is 1. The lowest BCUT2D eigenvalue weighted by Gasteiger charge is -2.20. The van der Waals surface area contributed by atoms with Crippen LogP contribution >= 0.6 is 11.6 Å². The van der Waals surface area contributed by atoms with Crippen LogP contribution < -0.4 is 10.6 Å². The first-order valence-electron chi connectivity index (χ1n) is 7.27. The van der Waals surface area contributed by atoms with Gasteiger partial charge in [-0.1, -0.05) is 11.6 Å². The van der Waals surface area contributed by atoms with E-state index in [9.17, 15) is 0 Å². The van der Waals surface area contributed by atoms with Crippen molar-refractivity contribution in [2.24, 2.45) is 17.6 Å². The van der Waals surface area contributed by atoms with Crippen LogP contribution in [0.1, 0.15) is 12.8 Å². The zero-order chi connectivity index (χ0) is 13.7. The molecule has 2 atom stereocenters. The fourth-order valence-corrected chi connectivity index (χ4v) is 3.62. The van der Waals surface area contributed by atoms with Gasteiger partial charge in [-0.05, 0) is 48.9 Å². The molecule has 20 heavy (non-hydrogen) atoms. The molecule has 2 N–H and O–H groups in total. The van der Waals surface area contributed by atoms with Crippen molar-refractivity contribution in [2.75, 3.05) is 18.0 Å². The Labute approximate surface area is 123 Å². The fourth-order valence-electron chi connectivity index (χ4n) is 3.46. The third-order valence-electron chi connectivity index (χ3n) is 4.66. The zero-order valence-corrected chi connectivity index (χ0v) is 12.1. The number of hydrogen-bond acceptors (Lipinski definition) is 3. The Kier molecular flexibility index (Phi) is 2.86. The molecule has 0 spiro atoms. The predicted octanol–water partition coefficient (Wildman–Crippen LogP) is 3.06. The van der Waals surface area contributed by atoms with Crippen LogP contribution in [0.2, 0.25) is 5.02 Å². The van der Waals surface area contributed by atoms with E-state index in [2.05, 4.69) is 22.0 Å². The molecule has 3 nitrogen and oxygen atoms in total. The van der Waals surface area contributed by atoms with Crippen molar-refractivity contribution in [1.82, 2.24) is 4.98 Å². The molecule has 0 amide bonds. The lowest BCUT2D eigenvalue weighted by atomic mass is 9.99. The minimum atomic E-state index is 0.304. The van der Waals surface area contributed by atoms with Gasteiger partial charge < -0.3 is 10.6 Å². The number of rotatable bonds is 2. The minimum absolute atomic E-state index is 0.304. The first-order chi connectivity index (χ1) is 9.72. The van der Waals surface area contributed by atoms with E-state index in [1.807, 2.05) is 18.3 Å². The first kappa shape index (κ1) is 12.4. The van der Waals surface area contributed by atoms with Crippen LogP contribution in [0.5, 0.6) is 0 Å². The highest BCUT2D eigenvalue weighted by molar-refractivity contribution is 6.31. The Bertz CT molecular complexity index is 653. The number of halogens is 1. The van der Waals surface area contributed by atoms with Crippen LogP contribution in [0.3, 0.4) is 0 Å². The SMILES string of the molecule is N[C@H]1CN(c2ccnc3cc(Cl)ccc23)C[C@@H]1C1CC1. The van der Waals surface area contributed by atoms with Crippen LogP contribution in [0.15, 0.2) is 30.5 Å². The molecule has 1 saturated heterocycles. The van der Waals surface area contributed by atoms with E-state index in [-0.39, 0.29) is 0 Å². The number of nitrogens with zero attached hydrogens (tertiary/aromatic N) is 2. The average Bonchev–Trinajstić information content (AvgIpc) is 3.21. The van der Waals surface area contributed by atoms with E-state index in [1.54, 1.807) is 0 Å². The number of hydrogen-bond donors (Lipinski definition) is 1. The van der Waals surface area contributed by atoms with Gasteiger partial charge in [-0.25, -0.2) is 0 Å². The van der Waals surface area contributed by atoms with Crippen molar-refractivity contribution in [2.45, 2.75) is 18.9 Å². The Hall–Kier alpha value is -1.32. The highest BCUT2D eigenvalue weighted by atomic mass is 35.5. The summed E-state index contributed by atoms with van der Waals surface area (Å²) in [6, 6.07) is 8.32. The van der Waals surface area contributed by atoms with Crippen molar-refractivity contribution in [1.29, 1.82) is 0 Å². The maximum Gasteiger partial charge on any atom is 0.0737 e. The summed E-state index contributed by atoms with van der Waals surface area (Å²) in [5.74, 6) is 1.52. The molecule has 1 saturated carbocycles. The largest absolute Gasteiger partial charge is 0.369 e. The van der Waals surface area contributed by atoms with Crippen LogP contribution in [-0.4, -0.2) is 24.1 Å². The van der Waals surface area contributed by atoms with E-state index in [1.165, 1.54) is 23.9 Å². The lowest BCUT2D eigenvalue weighted by molar-refractivity contribution is 0.456. The average molecular weight is 288 g/mol. The van der Waals surface area contributed by atoms with E-state index >= 15 is 0 Å². The molecule has 2 fully saturated rings. The van der Waals surface area contributed by atoms with Crippen molar-refractivity contribution in [3.63, 3.8) is 0 Å². The molecule has 2 aliphatic rings. The molecular weight excluding hydrogens is 270 g/mol. The molecule has 0 unspecified atom stereocenters. The summed E-state index contributed by atoms with van der Waals surface area (Å²) < 4.78 is 0. The Morgan fingerprint density at radius 3 is 2.85 bits per heavy atom. The standard InChI is InChI=1S/C16H18ClN3/c17-11-3-4-12-15(7-11)19-6-5-16(12)20-8-13(10-1-2-10)14(18)9-20/h3-7,10,13-14H,1-2,8-9,18H2/t13-,14+/m1/s1. The van der Waals surface area contributed by atoms with Gasteiger partial charge in [-0.2, -0.15) is 0 Å². The topological polar surface area (TPSA) is 42.1 Å². The van der Waals surface area contributed by atoms with Crippen molar-refractivity contribution < 1.29 is 0 Å². The molecule has 4 heteroatoms. The van der Waals surface area contributed by atoms with Crippen LogP contribution in [0, 0.1) is 11.8 Å². The highest BCUT2D eigenvalue weighted by Crippen LogP contribution is 2.42. The second-order valence-electron chi connectivity index (χ2n) is 6.06. The molecule has 4 rings (SSSR count). The molecule has 104 valence electrons. The summed E-state index contributed by atoms with van der Waals surface area (Å²) in [7, 11) is 0. The summed E-state index contributed by atoms with van der Waals surface area (Å²) >= 11 is 6.05. The van der Waals surface area contributed by atoms with Gasteiger partial charge in [0.05, 0.1) is 5.52 Å². The molecule has 1 aromatic heterocycles. The van der Waals surface area contributed by atoms with Crippen molar-refractivity contribution in [3.8, 4) is 0 Å². The Morgan fingerprint density at radius 1 is 1.20 bits per heavy atom. The molecule has 2 aromatic rings. The summed E-state index contributed by atoms with van der Waals surface area (Å²) in [5, 5.41) is 1.90. The van der Waals surface area contributed by atoms with Gasteiger partial charge in [0.1, 0.15) is 0 Å². The normalized spacial score (nSPS) is 26.4. The first-order valence-corrected chi connectivity index (χ1v) is 7.65. The third-order valence-corrected chi connectivity index (χ3v) is 4.90. The van der Waals surface area contributed by atoms with Gasteiger partial charge in [-0.3, -0.25) is 4.98 Å². The zero-order valence-electron chi connectivity index (χ0n) is 11.3. The molecule has 0 bridgehead atoms. The maximum absolute atomic E-state index is 6.34. The predicted molar refractivity (Wildman–Crippen MR) is 83.2 cm³/mol. The van der Waals surface area contributed by atoms with Gasteiger partial charge in [0, 0.05) is 41.4 Å². The van der Waals surface area contributed by atoms with Gasteiger partial charge in [0.2, 0.25) is 0 Å². The summed E-state index contributed by atoms with van der Waals surface area (Å²) in [6.07, 6.45) is 4.59. The van der Waals surface area contributed by atoms with Crippen LogP contribution in [-0.2, 0) is 0 Å². The molecule has 1 aliphatic heterocycles. The Balaban J connectivity index is 1.71. The third kappa shape index (κ3) is 2.05. The monoisotopic (exact) mass is 287 g/mol. The van der Waals surface area contributed by atoms with Gasteiger partial charge in [0.15, 0.2) is 0 Å². The quantitative estimate of drug-likeness (QED) is 0.923. The summed E-state index contributed by atoms with van der Waals surface area (Å²) in [5.41, 5.74) is 8.54. The lowest BCUT2D eigenvalue weighted by Crippen LogP contribution is -2.30. The minimum Gasteiger partial charge on any atom is -0.369 e. The van der Waals surface area contributed by atoms with Gasteiger partial charge in [-0.15, -0.1) is 0 Å². The second-order valence-corrected chi connectivity index (χ2v) is 6.50. The van der Waals surface area contributed by atoms with Gasteiger partial charge >= 0.3 is 0 Å². The highest BCUT2D eigenvalue weighted by Gasteiger charge is 2.41. The molecule has 1 aliphatic carbocycles. The van der Waals surface area contributed by atoms with E-state index in [4.69, 9.17) is 17.3 Å². The number of fused-ring (bicyclic) bond motifs is 1. The van der Waals surface area contributed by atoms with E-state index < -0.39 is 0 Å². The summed E-state index contributed by atoms with van der Waals surface area (Å²) in [6.45, 7) is 2.02. The Morgan fingerprint density at radius 2 is 2.05 bits per heavy atom. The molecule has 1 aromatic carbocycles. The second kappa shape index (κ2) is 4.61. The van der Waals surface area contributed by atoms with Gasteiger partial charge in [0.25, 0.3) is 0 Å². The summed E-state index contributed by atoms with van der Waals surface area (Å²) in [4.78, 5) is 6.84. The molecule has 0 radical (unpaired) electrons. The number of pyridine rings is 1. The van der Waals surface area contributed by atoms with Crippen LogP contribution in [0.4, 0.5) is 5.69 Å². The molecular formula is C16H18ClN3. The maximum atomic E-state index is 6.34. The van der Waals surface area contributed by atoms with E-state index in [0.29, 0.717) is 12.0 Å². The van der Waals surface area contributed by atoms with Crippen LogP contribution in [0.25, 0.3) is 10.9 Å². The van der Waals surface area contributed by atoms with E-state index in [0.717, 1.165) is 29.5 Å². The number of anilines is 1. The van der Waals surface area contributed by atoms with Crippen molar-refractivity contribution >= 4 is 28.2 Å². The fraction of sp³-hybridized carbons (Fsp3) is 0.438. The number of benzene rings is 1. The number of nitrogens with two attached hydrogens (primary N) is 1. The molecule has 2 heterocycles. The smallest absolute Gasteiger partial charge is 0.0737 e.